The zero-order chi connectivity index (χ0) is 14.3. The smallest absolute Gasteiger partial charge is 0.239 e. The van der Waals surface area contributed by atoms with Crippen LogP contribution in [-0.2, 0) is 4.79 Å². The van der Waals surface area contributed by atoms with Crippen molar-refractivity contribution in [1.29, 1.82) is 0 Å². The SMILES string of the molecule is CCCN(CC(=O)NC)c1cc(C)nc(NCC)n1. The fraction of sp³-hybridized carbons (Fsp3) is 0.615. The van der Waals surface area contributed by atoms with Gasteiger partial charge in [-0.2, -0.15) is 4.98 Å². The van der Waals surface area contributed by atoms with Crippen LogP contribution in [0.3, 0.4) is 0 Å². The summed E-state index contributed by atoms with van der Waals surface area (Å²) in [5, 5.41) is 5.74. The second-order valence-corrected chi connectivity index (χ2v) is 4.32. The van der Waals surface area contributed by atoms with E-state index in [2.05, 4.69) is 27.5 Å². The molecule has 1 aromatic rings. The maximum Gasteiger partial charge on any atom is 0.239 e. The number of rotatable bonds is 7. The van der Waals surface area contributed by atoms with Gasteiger partial charge < -0.3 is 15.5 Å². The van der Waals surface area contributed by atoms with E-state index in [1.165, 1.54) is 0 Å². The summed E-state index contributed by atoms with van der Waals surface area (Å²) in [6.07, 6.45) is 0.955. The van der Waals surface area contributed by atoms with Crippen LogP contribution in [0.4, 0.5) is 11.8 Å². The minimum atomic E-state index is -0.0188. The Kier molecular flexibility index (Phi) is 6.05. The van der Waals surface area contributed by atoms with Gasteiger partial charge in [0.25, 0.3) is 0 Å². The molecule has 0 atom stereocenters. The van der Waals surface area contributed by atoms with E-state index in [1.807, 2.05) is 24.8 Å². The van der Waals surface area contributed by atoms with Crippen LogP contribution in [0.25, 0.3) is 0 Å². The zero-order valence-electron chi connectivity index (χ0n) is 12.2. The van der Waals surface area contributed by atoms with Gasteiger partial charge in [-0.05, 0) is 20.3 Å². The third-order valence-electron chi connectivity index (χ3n) is 2.61. The average molecular weight is 265 g/mol. The summed E-state index contributed by atoms with van der Waals surface area (Å²) in [6, 6.07) is 1.90. The van der Waals surface area contributed by atoms with Crippen LogP contribution in [0.2, 0.25) is 0 Å². The van der Waals surface area contributed by atoms with Gasteiger partial charge in [-0.1, -0.05) is 6.92 Å². The Labute approximate surface area is 114 Å². The minimum Gasteiger partial charge on any atom is -0.358 e. The number of aromatic nitrogens is 2. The second-order valence-electron chi connectivity index (χ2n) is 4.32. The second kappa shape index (κ2) is 7.56. The highest BCUT2D eigenvalue weighted by Gasteiger charge is 2.13. The number of anilines is 2. The Morgan fingerprint density at radius 2 is 2.11 bits per heavy atom. The lowest BCUT2D eigenvalue weighted by atomic mass is 10.3. The number of carbonyl (C=O) groups is 1. The number of likely N-dealkylation sites (N-methyl/N-ethyl adjacent to an activating group) is 1. The van der Waals surface area contributed by atoms with E-state index in [0.717, 1.165) is 31.0 Å². The van der Waals surface area contributed by atoms with Gasteiger partial charge in [0.1, 0.15) is 5.82 Å². The monoisotopic (exact) mass is 265 g/mol. The van der Waals surface area contributed by atoms with Gasteiger partial charge in [0.05, 0.1) is 6.54 Å². The van der Waals surface area contributed by atoms with Crippen molar-refractivity contribution in [3.05, 3.63) is 11.8 Å². The summed E-state index contributed by atoms with van der Waals surface area (Å²) >= 11 is 0. The number of nitrogens with one attached hydrogen (secondary N) is 2. The molecule has 0 saturated heterocycles. The molecule has 0 aliphatic carbocycles. The van der Waals surface area contributed by atoms with E-state index in [-0.39, 0.29) is 5.91 Å². The standard InChI is InChI=1S/C13H23N5O/c1-5-7-18(9-12(19)14-4)11-8-10(3)16-13(17-11)15-6-2/h8H,5-7,9H2,1-4H3,(H,14,19)(H,15,16,17). The molecule has 6 heteroatoms. The van der Waals surface area contributed by atoms with E-state index in [0.29, 0.717) is 12.5 Å². The molecular weight excluding hydrogens is 242 g/mol. The summed E-state index contributed by atoms with van der Waals surface area (Å²) < 4.78 is 0. The van der Waals surface area contributed by atoms with Crippen molar-refractivity contribution in [3.8, 4) is 0 Å². The van der Waals surface area contributed by atoms with E-state index in [4.69, 9.17) is 0 Å². The number of aryl methyl sites for hydroxylation is 1. The largest absolute Gasteiger partial charge is 0.358 e. The Bertz CT molecular complexity index is 421. The van der Waals surface area contributed by atoms with Gasteiger partial charge in [0.2, 0.25) is 11.9 Å². The molecule has 0 saturated carbocycles. The van der Waals surface area contributed by atoms with Crippen LogP contribution in [0.15, 0.2) is 6.07 Å². The lowest BCUT2D eigenvalue weighted by molar-refractivity contribution is -0.119. The quantitative estimate of drug-likeness (QED) is 0.774. The fourth-order valence-electron chi connectivity index (χ4n) is 1.75. The molecule has 2 N–H and O–H groups in total. The number of carbonyl (C=O) groups excluding carboxylic acids is 1. The van der Waals surface area contributed by atoms with Crippen LogP contribution < -0.4 is 15.5 Å². The Balaban J connectivity index is 2.96. The number of hydrogen-bond donors (Lipinski definition) is 2. The third kappa shape index (κ3) is 4.73. The van der Waals surface area contributed by atoms with Gasteiger partial charge in [-0.3, -0.25) is 4.79 Å². The van der Waals surface area contributed by atoms with E-state index < -0.39 is 0 Å². The predicted molar refractivity (Wildman–Crippen MR) is 77.5 cm³/mol. The van der Waals surface area contributed by atoms with Crippen molar-refractivity contribution in [1.82, 2.24) is 15.3 Å². The molecular formula is C13H23N5O. The molecule has 0 bridgehead atoms. The van der Waals surface area contributed by atoms with Crippen molar-refractivity contribution in [2.75, 3.05) is 36.9 Å². The fourth-order valence-corrected chi connectivity index (χ4v) is 1.75. The summed E-state index contributed by atoms with van der Waals surface area (Å²) in [4.78, 5) is 22.3. The summed E-state index contributed by atoms with van der Waals surface area (Å²) in [7, 11) is 1.64. The Morgan fingerprint density at radius 1 is 1.37 bits per heavy atom. The highest BCUT2D eigenvalue weighted by molar-refractivity contribution is 5.80. The molecule has 19 heavy (non-hydrogen) atoms. The Hall–Kier alpha value is -1.85. The van der Waals surface area contributed by atoms with Crippen LogP contribution in [0.1, 0.15) is 26.0 Å². The molecule has 6 nitrogen and oxygen atoms in total. The maximum absolute atomic E-state index is 11.6. The molecule has 1 amide bonds. The normalized spacial score (nSPS) is 10.1. The predicted octanol–water partition coefficient (Wildman–Crippen LogP) is 1.18. The topological polar surface area (TPSA) is 70.2 Å². The molecule has 0 aliphatic rings. The first-order valence-electron chi connectivity index (χ1n) is 6.65. The molecule has 106 valence electrons. The van der Waals surface area contributed by atoms with Gasteiger partial charge in [-0.25, -0.2) is 4.98 Å². The van der Waals surface area contributed by atoms with Crippen molar-refractivity contribution in [2.24, 2.45) is 0 Å². The third-order valence-corrected chi connectivity index (χ3v) is 2.61. The number of amides is 1. The van der Waals surface area contributed by atoms with Crippen molar-refractivity contribution < 1.29 is 4.79 Å². The average Bonchev–Trinajstić information content (AvgIpc) is 2.37. The zero-order valence-corrected chi connectivity index (χ0v) is 12.2. The van der Waals surface area contributed by atoms with E-state index >= 15 is 0 Å². The molecule has 1 rings (SSSR count). The van der Waals surface area contributed by atoms with Crippen molar-refractivity contribution in [3.63, 3.8) is 0 Å². The van der Waals surface area contributed by atoms with E-state index in [9.17, 15) is 4.79 Å². The van der Waals surface area contributed by atoms with E-state index in [1.54, 1.807) is 7.05 Å². The molecule has 0 fully saturated rings. The number of hydrogen-bond acceptors (Lipinski definition) is 5. The molecule has 0 aliphatic heterocycles. The van der Waals surface area contributed by atoms with Gasteiger partial charge in [-0.15, -0.1) is 0 Å². The first kappa shape index (κ1) is 15.2. The van der Waals surface area contributed by atoms with Crippen LogP contribution in [0.5, 0.6) is 0 Å². The van der Waals surface area contributed by atoms with Crippen molar-refractivity contribution >= 4 is 17.7 Å². The summed E-state index contributed by atoms with van der Waals surface area (Å²) in [5.74, 6) is 1.37. The molecule has 0 aromatic carbocycles. The molecule has 0 spiro atoms. The van der Waals surface area contributed by atoms with Gasteiger partial charge in [0.15, 0.2) is 0 Å². The highest BCUT2D eigenvalue weighted by Crippen LogP contribution is 2.15. The lowest BCUT2D eigenvalue weighted by Gasteiger charge is -2.23. The Morgan fingerprint density at radius 3 is 2.68 bits per heavy atom. The molecule has 0 radical (unpaired) electrons. The van der Waals surface area contributed by atoms with Gasteiger partial charge in [0, 0.05) is 31.9 Å². The summed E-state index contributed by atoms with van der Waals surface area (Å²) in [5.41, 5.74) is 0.888. The van der Waals surface area contributed by atoms with Crippen LogP contribution in [0, 0.1) is 6.92 Å². The summed E-state index contributed by atoms with van der Waals surface area (Å²) in [6.45, 7) is 7.87. The molecule has 0 unspecified atom stereocenters. The molecule has 1 heterocycles. The van der Waals surface area contributed by atoms with Crippen LogP contribution in [-0.4, -0.2) is 42.6 Å². The van der Waals surface area contributed by atoms with Gasteiger partial charge >= 0.3 is 0 Å². The maximum atomic E-state index is 11.6. The van der Waals surface area contributed by atoms with Crippen molar-refractivity contribution in [2.45, 2.75) is 27.2 Å². The first-order chi connectivity index (χ1) is 9.10. The first-order valence-corrected chi connectivity index (χ1v) is 6.65. The highest BCUT2D eigenvalue weighted by atomic mass is 16.1. The lowest BCUT2D eigenvalue weighted by Crippen LogP contribution is -2.36. The van der Waals surface area contributed by atoms with Crippen LogP contribution >= 0.6 is 0 Å². The molecule has 1 aromatic heterocycles. The number of nitrogens with zero attached hydrogens (tertiary/aromatic N) is 3. The minimum absolute atomic E-state index is 0.0188.